The van der Waals surface area contributed by atoms with E-state index in [-0.39, 0.29) is 30.3 Å². The summed E-state index contributed by atoms with van der Waals surface area (Å²) in [4.78, 5) is 84.1. The second-order valence-electron chi connectivity index (χ2n) is 14.4. The van der Waals surface area contributed by atoms with Gasteiger partial charge in [-0.3, -0.25) is 9.59 Å². The minimum Gasteiger partial charge on any atom is -0.481 e. The third kappa shape index (κ3) is 22.5. The molecule has 0 bridgehead atoms. The van der Waals surface area contributed by atoms with Crippen LogP contribution in [0.5, 0.6) is 0 Å². The van der Waals surface area contributed by atoms with Crippen LogP contribution < -0.4 is 0 Å². The summed E-state index contributed by atoms with van der Waals surface area (Å²) >= 11 is 0. The molecule has 0 unspecified atom stereocenters. The topological polar surface area (TPSA) is 250 Å². The SMILES string of the molecule is C(=N\OCc1ccccc1)/c1ccc(/C=N/OCc2ccccc2)o1.CC(=O)O.CCOC(C)=O.O=C1C=CC(=O)O1.O=C1OC(=O)c2c(/C=N\OCc3ccccc3)ccc(/C=N\OCc3ccccc3)c21. The zero-order chi connectivity index (χ0) is 52.5. The maximum atomic E-state index is 12.2. The number of cyclic esters (lactones) is 4. The average molecular weight is 995 g/mol. The molecule has 3 heterocycles. The Hall–Kier alpha value is -9.78. The van der Waals surface area contributed by atoms with Crippen molar-refractivity contribution in [1.29, 1.82) is 0 Å². The van der Waals surface area contributed by atoms with Crippen molar-refractivity contribution in [2.45, 2.75) is 47.2 Å². The lowest BCUT2D eigenvalue weighted by Crippen LogP contribution is -2.03. The van der Waals surface area contributed by atoms with Gasteiger partial charge in [0, 0.05) is 37.1 Å². The first kappa shape index (κ1) is 55.8. The molecule has 0 spiro atoms. The third-order valence-corrected chi connectivity index (χ3v) is 8.75. The van der Waals surface area contributed by atoms with Crippen molar-refractivity contribution < 1.29 is 71.9 Å². The summed E-state index contributed by atoms with van der Waals surface area (Å²) in [5.41, 5.74) is 5.13. The fraction of sp³-hybridized carbons (Fsp3) is 0.148. The molecular formula is C54H50N4O15. The Bertz CT molecular complexity index is 2670. The van der Waals surface area contributed by atoms with Crippen molar-refractivity contribution in [2.75, 3.05) is 6.61 Å². The highest BCUT2D eigenvalue weighted by atomic mass is 16.6. The number of hydrogen-bond acceptors (Lipinski definition) is 18. The number of ether oxygens (including phenoxy) is 3. The number of rotatable bonds is 17. The molecule has 0 aliphatic carbocycles. The van der Waals surface area contributed by atoms with Gasteiger partial charge < -0.3 is 43.1 Å². The lowest BCUT2D eigenvalue weighted by molar-refractivity contribution is -0.150. The first-order chi connectivity index (χ1) is 35.4. The predicted octanol–water partition coefficient (Wildman–Crippen LogP) is 8.77. The minimum atomic E-state index is -0.833. The van der Waals surface area contributed by atoms with Crippen molar-refractivity contribution in [3.63, 3.8) is 0 Å². The standard InChI is InChI=1S/C24H18N2O5.C20H18N2O3.C4H2O3.C4H8O2.C2H4O2/c27-23-21-19(13-25-29-15-17-7-3-1-4-8-17)11-12-20(22(21)24(28)31-23)14-26-30-16-18-9-5-2-6-10-18;1-3-7-17(8-4-1)15-23-21-13-19-11-12-20(25-19)14-22-24-16-18-9-5-2-6-10-18;5-3-1-2-4(6)7-3;1-3-6-4(2)5;1-2(3)4/h1-14H,15-16H2;1-14H,15-16H2;1-2H;3H2,1-2H3;1H3,(H,3,4)/b25-13-,26-14-;21-13+,22-14+;;;. The normalized spacial score (nSPS) is 12.0. The summed E-state index contributed by atoms with van der Waals surface area (Å²) in [6.45, 7) is 6.14. The first-order valence-electron chi connectivity index (χ1n) is 22.0. The van der Waals surface area contributed by atoms with Crippen LogP contribution in [0.3, 0.4) is 0 Å². The Morgan fingerprint density at radius 2 is 0.795 bits per heavy atom. The molecule has 6 aromatic rings. The summed E-state index contributed by atoms with van der Waals surface area (Å²) in [6.07, 6.45) is 7.98. The second-order valence-corrected chi connectivity index (χ2v) is 14.4. The molecule has 1 aromatic heterocycles. The Morgan fingerprint density at radius 1 is 0.479 bits per heavy atom. The second kappa shape index (κ2) is 32.1. The molecule has 376 valence electrons. The number of fused-ring (bicyclic) bond motifs is 1. The van der Waals surface area contributed by atoms with Gasteiger partial charge in [0.05, 0.1) is 30.2 Å². The van der Waals surface area contributed by atoms with E-state index < -0.39 is 29.8 Å². The highest BCUT2D eigenvalue weighted by molar-refractivity contribution is 6.20. The molecule has 0 saturated heterocycles. The summed E-state index contributed by atoms with van der Waals surface area (Å²) in [5, 5.41) is 23.0. The number of oxime groups is 4. The molecule has 73 heavy (non-hydrogen) atoms. The molecule has 1 N–H and O–H groups in total. The lowest BCUT2D eigenvalue weighted by atomic mass is 9.98. The largest absolute Gasteiger partial charge is 0.481 e. The number of carboxylic acids is 1. The van der Waals surface area contributed by atoms with E-state index in [9.17, 15) is 24.0 Å². The summed E-state index contributed by atoms with van der Waals surface area (Å²) in [6, 6.07) is 45.6. The van der Waals surface area contributed by atoms with Crippen LogP contribution in [0.2, 0.25) is 0 Å². The van der Waals surface area contributed by atoms with Gasteiger partial charge >= 0.3 is 29.8 Å². The zero-order valence-corrected chi connectivity index (χ0v) is 39.8. The molecule has 0 radical (unpaired) electrons. The van der Waals surface area contributed by atoms with Gasteiger partial charge in [0.2, 0.25) is 0 Å². The Kier molecular flexibility index (Phi) is 24.5. The van der Waals surface area contributed by atoms with Crippen molar-refractivity contribution in [1.82, 2.24) is 0 Å². The van der Waals surface area contributed by atoms with Gasteiger partial charge in [-0.25, -0.2) is 19.2 Å². The Balaban J connectivity index is 0.000000243. The molecule has 0 fully saturated rings. The molecule has 5 aromatic carbocycles. The summed E-state index contributed by atoms with van der Waals surface area (Å²) in [7, 11) is 0. The molecular weight excluding hydrogens is 945 g/mol. The van der Waals surface area contributed by atoms with Gasteiger partial charge in [-0.1, -0.05) is 154 Å². The molecule has 0 saturated carbocycles. The number of hydrogen-bond donors (Lipinski definition) is 1. The number of esters is 5. The molecule has 2 aliphatic heterocycles. The Labute approximate surface area is 419 Å². The van der Waals surface area contributed by atoms with E-state index in [1.54, 1.807) is 31.2 Å². The molecule has 8 rings (SSSR count). The number of carbonyl (C=O) groups is 6. The fourth-order valence-corrected chi connectivity index (χ4v) is 5.60. The monoisotopic (exact) mass is 994 g/mol. The highest BCUT2D eigenvalue weighted by Gasteiger charge is 2.34. The average Bonchev–Trinajstić information content (AvgIpc) is 4.10. The van der Waals surface area contributed by atoms with Crippen LogP contribution in [0.25, 0.3) is 0 Å². The number of benzene rings is 5. The molecule has 19 nitrogen and oxygen atoms in total. The number of furan rings is 1. The van der Waals surface area contributed by atoms with Crippen LogP contribution >= 0.6 is 0 Å². The van der Waals surface area contributed by atoms with Gasteiger partial charge in [0.15, 0.2) is 0 Å². The maximum Gasteiger partial charge on any atom is 0.347 e. The van der Waals surface area contributed by atoms with Gasteiger partial charge in [0.25, 0.3) is 5.97 Å². The minimum absolute atomic E-state index is 0.129. The van der Waals surface area contributed by atoms with Crippen molar-refractivity contribution >= 4 is 60.7 Å². The number of carboxylic acid groups (broad SMARTS) is 1. The van der Waals surface area contributed by atoms with Crippen LogP contribution in [-0.2, 0) is 79.2 Å². The van der Waals surface area contributed by atoms with Crippen molar-refractivity contribution in [3.8, 4) is 0 Å². The molecule has 0 atom stereocenters. The molecule has 0 amide bonds. The number of carbonyl (C=O) groups excluding carboxylic acids is 5. The molecule has 2 aliphatic rings. The van der Waals surface area contributed by atoms with Crippen LogP contribution in [0, 0.1) is 0 Å². The van der Waals surface area contributed by atoms with E-state index in [0.717, 1.165) is 41.3 Å². The van der Waals surface area contributed by atoms with Gasteiger partial charge in [0.1, 0.15) is 50.4 Å². The van der Waals surface area contributed by atoms with Crippen LogP contribution in [0.4, 0.5) is 0 Å². The van der Waals surface area contributed by atoms with E-state index in [1.165, 1.54) is 31.8 Å². The first-order valence-corrected chi connectivity index (χ1v) is 22.0. The highest BCUT2D eigenvalue weighted by Crippen LogP contribution is 2.26. The quantitative estimate of drug-likeness (QED) is 0.0295. The maximum absolute atomic E-state index is 12.2. The lowest BCUT2D eigenvalue weighted by Gasteiger charge is -2.04. The zero-order valence-electron chi connectivity index (χ0n) is 39.8. The van der Waals surface area contributed by atoms with E-state index in [0.29, 0.717) is 42.5 Å². The van der Waals surface area contributed by atoms with Gasteiger partial charge in [-0.15, -0.1) is 0 Å². The smallest absolute Gasteiger partial charge is 0.347 e. The van der Waals surface area contributed by atoms with Crippen LogP contribution in [0.15, 0.2) is 183 Å². The summed E-state index contributed by atoms with van der Waals surface area (Å²) in [5.74, 6) is -2.50. The van der Waals surface area contributed by atoms with E-state index in [1.807, 2.05) is 121 Å². The predicted molar refractivity (Wildman–Crippen MR) is 266 cm³/mol. The van der Waals surface area contributed by atoms with E-state index in [4.69, 9.17) is 38.4 Å². The number of aliphatic carboxylic acids is 1. The third-order valence-electron chi connectivity index (χ3n) is 8.75. The van der Waals surface area contributed by atoms with E-state index >= 15 is 0 Å². The molecule has 19 heteroatoms. The number of nitrogens with zero attached hydrogens (tertiary/aromatic N) is 4. The van der Waals surface area contributed by atoms with Crippen LogP contribution in [0.1, 0.15) is 86.4 Å². The fourth-order valence-electron chi connectivity index (χ4n) is 5.60. The van der Waals surface area contributed by atoms with Gasteiger partial charge in [-0.05, 0) is 41.3 Å². The Morgan fingerprint density at radius 3 is 1.05 bits per heavy atom. The van der Waals surface area contributed by atoms with E-state index in [2.05, 4.69) is 30.1 Å². The van der Waals surface area contributed by atoms with Crippen LogP contribution in [-0.4, -0.2) is 72.4 Å². The summed E-state index contributed by atoms with van der Waals surface area (Å²) < 4.78 is 18.7. The van der Waals surface area contributed by atoms with Crippen molar-refractivity contribution in [3.05, 3.63) is 214 Å². The van der Waals surface area contributed by atoms with Gasteiger partial charge in [-0.2, -0.15) is 0 Å². The van der Waals surface area contributed by atoms with Crippen molar-refractivity contribution in [2.24, 2.45) is 20.6 Å².